The van der Waals surface area contributed by atoms with Crippen LogP contribution in [0.2, 0.25) is 0 Å². The van der Waals surface area contributed by atoms with Crippen molar-refractivity contribution in [3.8, 4) is 0 Å². The minimum Gasteiger partial charge on any atom is -0.370 e. The molecule has 0 bridgehead atoms. The number of H-pyrrole nitrogens is 1. The number of morpholine rings is 1. The number of pyridine rings is 1. The summed E-state index contributed by atoms with van der Waals surface area (Å²) in [4.78, 5) is 16.8. The fourth-order valence-electron chi connectivity index (χ4n) is 3.34. The highest BCUT2D eigenvalue weighted by molar-refractivity contribution is 7.80. The maximum absolute atomic E-state index is 12.3. The molecule has 1 aliphatic heterocycles. The summed E-state index contributed by atoms with van der Waals surface area (Å²) < 4.78 is 5.36. The van der Waals surface area contributed by atoms with Crippen LogP contribution < -0.4 is 21.1 Å². The van der Waals surface area contributed by atoms with Gasteiger partial charge in [0.2, 0.25) is 0 Å². The molecule has 0 unspecified atom stereocenters. The number of hydrogen-bond donors (Lipinski definition) is 4. The molecule has 1 fully saturated rings. The number of benzene rings is 1. The summed E-state index contributed by atoms with van der Waals surface area (Å²) >= 11 is 5.34. The molecular formula is C20H29N4O2S+. The van der Waals surface area contributed by atoms with Gasteiger partial charge in [-0.3, -0.25) is 4.79 Å². The second kappa shape index (κ2) is 9.30. The minimum atomic E-state index is -0.0256. The van der Waals surface area contributed by atoms with E-state index in [-0.39, 0.29) is 5.56 Å². The largest absolute Gasteiger partial charge is 0.370 e. The van der Waals surface area contributed by atoms with Crippen LogP contribution in [-0.2, 0) is 11.2 Å². The van der Waals surface area contributed by atoms with Gasteiger partial charge in [-0.05, 0) is 67.2 Å². The molecule has 0 amide bonds. The van der Waals surface area contributed by atoms with Crippen LogP contribution in [0.5, 0.6) is 0 Å². The molecule has 0 atom stereocenters. The molecule has 0 spiro atoms. The summed E-state index contributed by atoms with van der Waals surface area (Å²) in [5.41, 5.74) is 4.05. The number of nitrogens with one attached hydrogen (secondary N) is 4. The molecule has 7 heteroatoms. The third kappa shape index (κ3) is 5.51. The van der Waals surface area contributed by atoms with Gasteiger partial charge < -0.3 is 25.3 Å². The molecule has 27 heavy (non-hydrogen) atoms. The molecule has 1 aliphatic rings. The first-order chi connectivity index (χ1) is 13.0. The van der Waals surface area contributed by atoms with Crippen molar-refractivity contribution in [3.05, 3.63) is 45.2 Å². The summed E-state index contributed by atoms with van der Waals surface area (Å²) in [5, 5.41) is 8.16. The van der Waals surface area contributed by atoms with E-state index in [2.05, 4.69) is 35.5 Å². The third-order valence-corrected chi connectivity index (χ3v) is 5.47. The van der Waals surface area contributed by atoms with Gasteiger partial charge in [-0.1, -0.05) is 0 Å². The lowest BCUT2D eigenvalue weighted by Gasteiger charge is -2.24. The van der Waals surface area contributed by atoms with Crippen LogP contribution in [0.25, 0.3) is 10.9 Å². The molecule has 1 aromatic heterocycles. The maximum atomic E-state index is 12.3. The first kappa shape index (κ1) is 19.8. The number of thiocarbonyl (C=S) groups is 1. The fourth-order valence-corrected chi connectivity index (χ4v) is 3.55. The monoisotopic (exact) mass is 389 g/mol. The average Bonchev–Trinajstić information content (AvgIpc) is 2.65. The molecule has 1 saturated heterocycles. The fraction of sp³-hybridized carbons (Fsp3) is 0.500. The normalized spacial score (nSPS) is 15.0. The molecular weight excluding hydrogens is 360 g/mol. The predicted octanol–water partition coefficient (Wildman–Crippen LogP) is 0.0666. The van der Waals surface area contributed by atoms with Gasteiger partial charge in [0, 0.05) is 17.6 Å². The molecule has 0 aliphatic carbocycles. The van der Waals surface area contributed by atoms with Crippen LogP contribution in [0.1, 0.15) is 16.7 Å². The Labute approximate surface area is 165 Å². The highest BCUT2D eigenvalue weighted by Gasteiger charge is 2.13. The van der Waals surface area contributed by atoms with Crippen LogP contribution in [0.3, 0.4) is 0 Å². The molecule has 6 nitrogen and oxygen atoms in total. The van der Waals surface area contributed by atoms with Crippen LogP contribution in [0.15, 0.2) is 23.0 Å². The van der Waals surface area contributed by atoms with E-state index in [0.29, 0.717) is 18.1 Å². The molecule has 1 aromatic carbocycles. The minimum absolute atomic E-state index is 0.0256. The number of aryl methyl sites for hydroxylation is 2. The van der Waals surface area contributed by atoms with E-state index in [1.807, 2.05) is 12.1 Å². The Bertz CT molecular complexity index is 859. The zero-order valence-electron chi connectivity index (χ0n) is 16.1. The van der Waals surface area contributed by atoms with Crippen LogP contribution in [0, 0.1) is 13.8 Å². The van der Waals surface area contributed by atoms with Gasteiger partial charge in [-0.25, -0.2) is 0 Å². The lowest BCUT2D eigenvalue weighted by atomic mass is 10.0. The molecule has 4 N–H and O–H groups in total. The number of aromatic nitrogens is 1. The van der Waals surface area contributed by atoms with E-state index in [9.17, 15) is 4.79 Å². The highest BCUT2D eigenvalue weighted by atomic mass is 32.1. The number of hydrogen-bond acceptors (Lipinski definition) is 3. The van der Waals surface area contributed by atoms with Gasteiger partial charge in [0.05, 0.1) is 26.3 Å². The van der Waals surface area contributed by atoms with Crippen molar-refractivity contribution in [1.29, 1.82) is 0 Å². The molecule has 0 saturated carbocycles. The van der Waals surface area contributed by atoms with E-state index in [0.717, 1.165) is 55.9 Å². The molecule has 2 heterocycles. The quantitative estimate of drug-likeness (QED) is 0.527. The number of rotatable bonds is 6. The smallest absolute Gasteiger partial charge is 0.251 e. The zero-order chi connectivity index (χ0) is 19.2. The Balaban J connectivity index is 1.46. The van der Waals surface area contributed by atoms with E-state index in [4.69, 9.17) is 17.0 Å². The van der Waals surface area contributed by atoms with Gasteiger partial charge in [-0.15, -0.1) is 0 Å². The Hall–Kier alpha value is -1.96. The summed E-state index contributed by atoms with van der Waals surface area (Å²) in [6.07, 6.45) is 0.634. The van der Waals surface area contributed by atoms with Crippen molar-refractivity contribution in [2.75, 3.05) is 45.9 Å². The van der Waals surface area contributed by atoms with Crippen molar-refractivity contribution >= 4 is 28.2 Å². The maximum Gasteiger partial charge on any atom is 0.251 e. The first-order valence-corrected chi connectivity index (χ1v) is 10.00. The van der Waals surface area contributed by atoms with E-state index in [1.165, 1.54) is 11.1 Å². The lowest BCUT2D eigenvalue weighted by Crippen LogP contribution is -3.14. The van der Waals surface area contributed by atoms with Crippen LogP contribution >= 0.6 is 12.2 Å². The topological polar surface area (TPSA) is 70.6 Å². The number of aromatic amines is 1. The van der Waals surface area contributed by atoms with E-state index < -0.39 is 0 Å². The average molecular weight is 390 g/mol. The van der Waals surface area contributed by atoms with Crippen molar-refractivity contribution in [2.24, 2.45) is 0 Å². The SMILES string of the molecule is Cc1cc2cc(CCNC(=S)NCC[NH+]3CCOCC3)c(=O)[nH]c2cc1C. The van der Waals surface area contributed by atoms with Gasteiger partial charge >= 0.3 is 0 Å². The summed E-state index contributed by atoms with van der Waals surface area (Å²) in [7, 11) is 0. The second-order valence-electron chi connectivity index (χ2n) is 7.19. The molecule has 146 valence electrons. The van der Waals surface area contributed by atoms with Crippen molar-refractivity contribution in [1.82, 2.24) is 15.6 Å². The van der Waals surface area contributed by atoms with Gasteiger partial charge in [0.25, 0.3) is 5.56 Å². The number of ether oxygens (including phenoxy) is 1. The van der Waals surface area contributed by atoms with E-state index >= 15 is 0 Å². The predicted molar refractivity (Wildman–Crippen MR) is 113 cm³/mol. The van der Waals surface area contributed by atoms with Crippen molar-refractivity contribution in [2.45, 2.75) is 20.3 Å². The van der Waals surface area contributed by atoms with E-state index in [1.54, 1.807) is 4.90 Å². The van der Waals surface area contributed by atoms with Crippen LogP contribution in [-0.4, -0.2) is 56.0 Å². The van der Waals surface area contributed by atoms with Gasteiger partial charge in [0.15, 0.2) is 5.11 Å². The first-order valence-electron chi connectivity index (χ1n) is 9.59. The van der Waals surface area contributed by atoms with Gasteiger partial charge in [-0.2, -0.15) is 0 Å². The Morgan fingerprint density at radius 3 is 2.63 bits per heavy atom. The van der Waals surface area contributed by atoms with Crippen molar-refractivity contribution in [3.63, 3.8) is 0 Å². The summed E-state index contributed by atoms with van der Waals surface area (Å²) in [6.45, 7) is 10.5. The summed E-state index contributed by atoms with van der Waals surface area (Å²) in [5.74, 6) is 0. The Morgan fingerprint density at radius 2 is 1.85 bits per heavy atom. The van der Waals surface area contributed by atoms with Crippen molar-refractivity contribution < 1.29 is 9.64 Å². The lowest BCUT2D eigenvalue weighted by molar-refractivity contribution is -0.906. The second-order valence-corrected chi connectivity index (χ2v) is 7.60. The number of quaternary nitrogens is 1. The molecule has 0 radical (unpaired) electrons. The Kier molecular flexibility index (Phi) is 6.82. The third-order valence-electron chi connectivity index (χ3n) is 5.18. The Morgan fingerprint density at radius 1 is 1.15 bits per heavy atom. The molecule has 3 rings (SSSR count). The number of fused-ring (bicyclic) bond motifs is 1. The van der Waals surface area contributed by atoms with Crippen LogP contribution in [0.4, 0.5) is 0 Å². The molecule has 2 aromatic rings. The standard InChI is InChI=1S/C20H28N4O2S/c1-14-11-17-13-16(19(25)23-18(17)12-15(14)2)3-4-21-20(27)22-5-6-24-7-9-26-10-8-24/h11-13H,3-10H2,1-2H3,(H,23,25)(H2,21,22,27)/p+1. The summed E-state index contributed by atoms with van der Waals surface area (Å²) in [6, 6.07) is 6.14. The highest BCUT2D eigenvalue weighted by Crippen LogP contribution is 2.17. The zero-order valence-corrected chi connectivity index (χ0v) is 16.9. The van der Waals surface area contributed by atoms with Gasteiger partial charge in [0.1, 0.15) is 13.1 Å².